The van der Waals surface area contributed by atoms with E-state index in [0.717, 1.165) is 6.04 Å². The number of carbonyl (C=O) groups excluding carboxylic acids is 1. The molecule has 0 fully saturated rings. The minimum Gasteiger partial charge on any atom is -0.389 e. The predicted molar refractivity (Wildman–Crippen MR) is 70.8 cm³/mol. The maximum atomic E-state index is 8.92. The highest BCUT2D eigenvalue weighted by Crippen LogP contribution is 1.97. The third-order valence-corrected chi connectivity index (χ3v) is 1.72. The van der Waals surface area contributed by atoms with Gasteiger partial charge in [0.25, 0.3) is 0 Å². The van der Waals surface area contributed by atoms with E-state index in [-0.39, 0.29) is 6.61 Å². The summed E-state index contributed by atoms with van der Waals surface area (Å²) in [7, 11) is 3.75. The molecule has 0 amide bonds. The Balaban J connectivity index is -0.000000201. The minimum absolute atomic E-state index is 0.361. The predicted octanol–water partition coefficient (Wildman–Crippen LogP) is 1.14. The monoisotopic (exact) mass is 234 g/mol. The summed E-state index contributed by atoms with van der Waals surface area (Å²) in [5.74, 6) is 0. The van der Waals surface area contributed by atoms with E-state index < -0.39 is 0 Å². The molecule has 0 radical (unpaired) electrons. The molecule has 0 aromatic heterocycles. The van der Waals surface area contributed by atoms with Gasteiger partial charge in [-0.3, -0.25) is 0 Å². The average molecular weight is 234 g/mol. The van der Waals surface area contributed by atoms with Crippen LogP contribution in [0, 0.1) is 0 Å². The fraction of sp³-hybridized carbons (Fsp3) is 0.917. The third-order valence-electron chi connectivity index (χ3n) is 1.72. The summed E-state index contributed by atoms with van der Waals surface area (Å²) in [5, 5.41) is 10.3. The third kappa shape index (κ3) is 23.4. The van der Waals surface area contributed by atoms with E-state index in [0.29, 0.717) is 6.29 Å². The number of hydrogen-bond acceptors (Lipinski definition) is 4. The molecule has 0 aromatic carbocycles. The van der Waals surface area contributed by atoms with Crippen molar-refractivity contribution in [3.05, 3.63) is 0 Å². The summed E-state index contributed by atoms with van der Waals surface area (Å²) < 4.78 is 0. The van der Waals surface area contributed by atoms with Crippen LogP contribution >= 0.6 is 0 Å². The van der Waals surface area contributed by atoms with Crippen molar-refractivity contribution in [1.82, 2.24) is 10.2 Å². The Kier molecular flexibility index (Phi) is 26.2. The smallest absolute Gasteiger partial charge is 0.145 e. The van der Waals surface area contributed by atoms with Crippen LogP contribution in [0.2, 0.25) is 0 Å². The molecule has 0 aliphatic carbocycles. The van der Waals surface area contributed by atoms with Gasteiger partial charge in [-0.05, 0) is 47.5 Å². The lowest BCUT2D eigenvalue weighted by Gasteiger charge is -2.23. The van der Waals surface area contributed by atoms with Crippen LogP contribution < -0.4 is 5.32 Å². The van der Waals surface area contributed by atoms with Crippen LogP contribution in [0.4, 0.5) is 0 Å². The Hall–Kier alpha value is -0.450. The molecular weight excluding hydrogens is 204 g/mol. The van der Waals surface area contributed by atoms with Crippen molar-refractivity contribution in [2.45, 2.75) is 40.2 Å². The first kappa shape index (κ1) is 20.9. The topological polar surface area (TPSA) is 52.6 Å². The fourth-order valence-corrected chi connectivity index (χ4v) is 1.07. The molecule has 0 aliphatic heterocycles. The van der Waals surface area contributed by atoms with Gasteiger partial charge in [0.15, 0.2) is 0 Å². The van der Waals surface area contributed by atoms with Gasteiger partial charge in [-0.1, -0.05) is 13.8 Å². The SMILES string of the molecule is CCCN(CC)C(C)C.CNC.O=CCO. The van der Waals surface area contributed by atoms with Gasteiger partial charge in [0.1, 0.15) is 6.29 Å². The van der Waals surface area contributed by atoms with Gasteiger partial charge >= 0.3 is 0 Å². The zero-order valence-corrected chi connectivity index (χ0v) is 11.8. The summed E-state index contributed by atoms with van der Waals surface area (Å²) in [6, 6.07) is 0.718. The van der Waals surface area contributed by atoms with Gasteiger partial charge in [0, 0.05) is 6.04 Å². The first-order valence-corrected chi connectivity index (χ1v) is 5.92. The largest absolute Gasteiger partial charge is 0.389 e. The zero-order valence-electron chi connectivity index (χ0n) is 11.8. The van der Waals surface area contributed by atoms with Crippen molar-refractivity contribution >= 4 is 6.29 Å². The zero-order chi connectivity index (χ0) is 13.4. The van der Waals surface area contributed by atoms with Gasteiger partial charge in [-0.2, -0.15) is 0 Å². The van der Waals surface area contributed by atoms with Gasteiger partial charge in [0.2, 0.25) is 0 Å². The highest BCUT2D eigenvalue weighted by Gasteiger charge is 2.02. The Bertz CT molecular complexity index is 120. The van der Waals surface area contributed by atoms with Crippen molar-refractivity contribution in [3.63, 3.8) is 0 Å². The Morgan fingerprint density at radius 2 is 1.69 bits per heavy atom. The molecule has 0 atom stereocenters. The molecule has 0 heterocycles. The van der Waals surface area contributed by atoms with Gasteiger partial charge in [-0.15, -0.1) is 0 Å². The maximum Gasteiger partial charge on any atom is 0.145 e. The molecular formula is C12H30N2O2. The molecule has 0 aromatic rings. The summed E-state index contributed by atoms with van der Waals surface area (Å²) >= 11 is 0. The van der Waals surface area contributed by atoms with Crippen LogP contribution in [0.1, 0.15) is 34.1 Å². The molecule has 0 aliphatic rings. The van der Waals surface area contributed by atoms with Crippen LogP contribution in [0.25, 0.3) is 0 Å². The Labute approximate surface area is 101 Å². The van der Waals surface area contributed by atoms with E-state index in [2.05, 4.69) is 37.9 Å². The second-order valence-electron chi connectivity index (χ2n) is 3.57. The second kappa shape index (κ2) is 20.0. The number of rotatable bonds is 5. The van der Waals surface area contributed by atoms with Gasteiger partial charge in [0.05, 0.1) is 6.61 Å². The van der Waals surface area contributed by atoms with Crippen molar-refractivity contribution in [2.24, 2.45) is 0 Å². The quantitative estimate of drug-likeness (QED) is 0.701. The molecule has 16 heavy (non-hydrogen) atoms. The molecule has 0 bridgehead atoms. The standard InChI is InChI=1S/C8H19N.C2H7N.C2H4O2/c1-5-7-9(6-2)8(3)4;1-3-2;3-1-2-4/h8H,5-7H2,1-4H3;3H,1-2H3;1,4H,2H2. The van der Waals surface area contributed by atoms with E-state index in [9.17, 15) is 0 Å². The maximum absolute atomic E-state index is 8.92. The molecule has 0 rings (SSSR count). The van der Waals surface area contributed by atoms with Crippen molar-refractivity contribution in [2.75, 3.05) is 33.8 Å². The minimum atomic E-state index is -0.361. The van der Waals surface area contributed by atoms with Crippen LogP contribution in [0.3, 0.4) is 0 Å². The Morgan fingerprint density at radius 3 is 1.75 bits per heavy atom. The molecule has 4 heteroatoms. The first-order chi connectivity index (χ1) is 7.55. The second-order valence-corrected chi connectivity index (χ2v) is 3.57. The first-order valence-electron chi connectivity index (χ1n) is 5.92. The lowest BCUT2D eigenvalue weighted by Crippen LogP contribution is -2.31. The number of nitrogens with zero attached hydrogens (tertiary/aromatic N) is 1. The highest BCUT2D eigenvalue weighted by molar-refractivity contribution is 5.49. The summed E-state index contributed by atoms with van der Waals surface area (Å²) in [6.07, 6.45) is 1.70. The van der Waals surface area contributed by atoms with Crippen LogP contribution in [0.5, 0.6) is 0 Å². The van der Waals surface area contributed by atoms with E-state index in [4.69, 9.17) is 9.90 Å². The number of aldehydes is 1. The number of carbonyl (C=O) groups is 1. The normalized spacial score (nSPS) is 9.06. The molecule has 100 valence electrons. The summed E-state index contributed by atoms with van der Waals surface area (Å²) in [6.45, 7) is 11.0. The van der Waals surface area contributed by atoms with E-state index in [1.54, 1.807) is 0 Å². The molecule has 0 spiro atoms. The van der Waals surface area contributed by atoms with Crippen molar-refractivity contribution in [1.29, 1.82) is 0 Å². The molecule has 4 nitrogen and oxygen atoms in total. The van der Waals surface area contributed by atoms with Crippen molar-refractivity contribution < 1.29 is 9.90 Å². The van der Waals surface area contributed by atoms with Gasteiger partial charge < -0.3 is 20.1 Å². The number of aliphatic hydroxyl groups excluding tert-OH is 1. The molecule has 0 saturated carbocycles. The number of hydrogen-bond donors (Lipinski definition) is 2. The van der Waals surface area contributed by atoms with Crippen LogP contribution in [-0.2, 0) is 4.79 Å². The molecule has 0 saturated heterocycles. The fourth-order valence-electron chi connectivity index (χ4n) is 1.07. The van der Waals surface area contributed by atoms with Crippen molar-refractivity contribution in [3.8, 4) is 0 Å². The molecule has 0 unspecified atom stereocenters. The van der Waals surface area contributed by atoms with E-state index >= 15 is 0 Å². The van der Waals surface area contributed by atoms with Crippen LogP contribution in [0.15, 0.2) is 0 Å². The highest BCUT2D eigenvalue weighted by atomic mass is 16.3. The lowest BCUT2D eigenvalue weighted by molar-refractivity contribution is -0.110. The van der Waals surface area contributed by atoms with Gasteiger partial charge in [-0.25, -0.2) is 0 Å². The summed E-state index contributed by atoms with van der Waals surface area (Å²) in [5.41, 5.74) is 0. The number of aliphatic hydroxyl groups is 1. The lowest BCUT2D eigenvalue weighted by atomic mass is 10.3. The number of nitrogens with one attached hydrogen (secondary N) is 1. The Morgan fingerprint density at radius 1 is 1.31 bits per heavy atom. The molecule has 2 N–H and O–H groups in total. The van der Waals surface area contributed by atoms with Crippen LogP contribution in [-0.4, -0.2) is 56.1 Å². The van der Waals surface area contributed by atoms with E-state index in [1.807, 2.05) is 14.1 Å². The summed E-state index contributed by atoms with van der Waals surface area (Å²) in [4.78, 5) is 11.4. The van der Waals surface area contributed by atoms with E-state index in [1.165, 1.54) is 19.5 Å². The average Bonchev–Trinajstić information content (AvgIpc) is 2.27.